The maximum absolute atomic E-state index is 13.7. The molecule has 1 aliphatic rings. The van der Waals surface area contributed by atoms with Crippen molar-refractivity contribution in [3.05, 3.63) is 29.7 Å². The van der Waals surface area contributed by atoms with Crippen LogP contribution in [0.1, 0.15) is 75.8 Å². The summed E-state index contributed by atoms with van der Waals surface area (Å²) in [5.74, 6) is 0.0852. The molecule has 1 aromatic heterocycles. The maximum Gasteiger partial charge on any atom is 0.419 e. The minimum absolute atomic E-state index is 0.0541. The van der Waals surface area contributed by atoms with Crippen molar-refractivity contribution in [3.63, 3.8) is 0 Å². The average Bonchev–Trinajstić information content (AvgIpc) is 3.39. The van der Waals surface area contributed by atoms with E-state index in [-0.39, 0.29) is 41.8 Å². The molecular weight excluding hydrogens is 423 g/mol. The largest absolute Gasteiger partial charge is 0.493 e. The second-order valence-electron chi connectivity index (χ2n) is 8.02. The number of benzene rings is 1. The molecule has 176 valence electrons. The molecule has 10 heteroatoms. The predicted octanol–water partition coefficient (Wildman–Crippen LogP) is 5.52. The van der Waals surface area contributed by atoms with E-state index in [1.807, 2.05) is 0 Å². The van der Waals surface area contributed by atoms with Gasteiger partial charge >= 0.3 is 6.18 Å². The Labute approximate surface area is 185 Å². The topological polar surface area (TPSA) is 101 Å². The number of ether oxygens (including phenoxy) is 1. The molecule has 7 nitrogen and oxygen atoms in total. The molecule has 1 fully saturated rings. The molecule has 2 unspecified atom stereocenters. The lowest BCUT2D eigenvalue weighted by atomic mass is 10.1. The van der Waals surface area contributed by atoms with E-state index in [4.69, 9.17) is 20.4 Å². The molecule has 0 bridgehead atoms. The number of rotatable bonds is 11. The number of hydrogen-bond donors (Lipinski definition) is 2. The Bertz CT molecular complexity index is 887. The highest BCUT2D eigenvalue weighted by Gasteiger charge is 2.36. The van der Waals surface area contributed by atoms with Crippen LogP contribution in [0.5, 0.6) is 5.75 Å². The number of alkyl halides is 3. The van der Waals surface area contributed by atoms with Gasteiger partial charge in [-0.1, -0.05) is 44.2 Å². The standard InChI is InChI=1S/C22H30F3N5O2/c1-2-3-4-5-6-7-12-31-18-10-8-15(13-16(18)22(23,24)25)20-28-21(32-29-20)17-9-11-19(27)30(17)14-26/h8,10,13-14,17,19,26H,2-7,9,11-12,27H2,1H3. The normalized spacial score (nSPS) is 18.8. The molecule has 1 saturated heterocycles. The number of nitrogens with two attached hydrogens (primary N) is 1. The van der Waals surface area contributed by atoms with Crippen molar-refractivity contribution in [1.29, 1.82) is 5.41 Å². The van der Waals surface area contributed by atoms with Crippen LogP contribution in [0.15, 0.2) is 22.7 Å². The lowest BCUT2D eigenvalue weighted by molar-refractivity contribution is -0.138. The Morgan fingerprint density at radius 2 is 1.97 bits per heavy atom. The van der Waals surface area contributed by atoms with Gasteiger partial charge in [0.25, 0.3) is 0 Å². The van der Waals surface area contributed by atoms with Crippen LogP contribution in [0.2, 0.25) is 0 Å². The second-order valence-corrected chi connectivity index (χ2v) is 8.02. The van der Waals surface area contributed by atoms with Gasteiger partial charge in [-0.15, -0.1) is 0 Å². The Hall–Kier alpha value is -2.62. The number of halogens is 3. The first-order valence-corrected chi connectivity index (χ1v) is 11.1. The third-order valence-electron chi connectivity index (χ3n) is 5.65. The van der Waals surface area contributed by atoms with Crippen molar-refractivity contribution < 1.29 is 22.4 Å². The van der Waals surface area contributed by atoms with Crippen molar-refractivity contribution >= 4 is 6.34 Å². The molecule has 0 spiro atoms. The molecule has 1 aliphatic heterocycles. The van der Waals surface area contributed by atoms with Crippen LogP contribution in [0.3, 0.4) is 0 Å². The smallest absolute Gasteiger partial charge is 0.419 e. The van der Waals surface area contributed by atoms with Crippen LogP contribution in [0.4, 0.5) is 13.2 Å². The predicted molar refractivity (Wildman–Crippen MR) is 114 cm³/mol. The first-order chi connectivity index (χ1) is 15.3. The van der Waals surface area contributed by atoms with E-state index in [1.165, 1.54) is 18.6 Å². The van der Waals surface area contributed by atoms with Gasteiger partial charge in [0.1, 0.15) is 11.8 Å². The number of likely N-dealkylation sites (tertiary alicyclic amines) is 1. The minimum Gasteiger partial charge on any atom is -0.493 e. The average molecular weight is 454 g/mol. The summed E-state index contributed by atoms with van der Waals surface area (Å²) in [7, 11) is 0. The SMILES string of the molecule is CCCCCCCCOc1ccc(-c2noc(C3CCC(N)N3C=N)n2)cc1C(F)(F)F. The lowest BCUT2D eigenvalue weighted by Gasteiger charge is -2.22. The number of hydrogen-bond acceptors (Lipinski definition) is 6. The van der Waals surface area contributed by atoms with Crippen molar-refractivity contribution in [2.75, 3.05) is 6.61 Å². The third kappa shape index (κ3) is 5.79. The van der Waals surface area contributed by atoms with Gasteiger partial charge in [0.05, 0.1) is 24.7 Å². The first kappa shape index (κ1) is 24.0. The van der Waals surface area contributed by atoms with Crippen molar-refractivity contribution in [1.82, 2.24) is 15.0 Å². The molecule has 2 aromatic rings. The molecule has 3 rings (SSSR count). The molecule has 1 aromatic carbocycles. The molecule has 0 amide bonds. The molecule has 0 radical (unpaired) electrons. The second kappa shape index (κ2) is 10.8. The zero-order valence-electron chi connectivity index (χ0n) is 18.2. The van der Waals surface area contributed by atoms with Crippen LogP contribution in [-0.2, 0) is 6.18 Å². The van der Waals surface area contributed by atoms with Gasteiger partial charge in [-0.05, 0) is 37.5 Å². The van der Waals surface area contributed by atoms with Gasteiger partial charge in [0.2, 0.25) is 11.7 Å². The fourth-order valence-electron chi connectivity index (χ4n) is 3.86. The summed E-state index contributed by atoms with van der Waals surface area (Å²) < 4.78 is 51.7. The van der Waals surface area contributed by atoms with E-state index < -0.39 is 11.7 Å². The summed E-state index contributed by atoms with van der Waals surface area (Å²) >= 11 is 0. The summed E-state index contributed by atoms with van der Waals surface area (Å²) in [6.45, 7) is 2.37. The van der Waals surface area contributed by atoms with Crippen LogP contribution in [0, 0.1) is 5.41 Å². The summed E-state index contributed by atoms with van der Waals surface area (Å²) in [4.78, 5) is 5.87. The van der Waals surface area contributed by atoms with E-state index in [9.17, 15) is 13.2 Å². The van der Waals surface area contributed by atoms with Crippen LogP contribution >= 0.6 is 0 Å². The van der Waals surface area contributed by atoms with Gasteiger partial charge < -0.3 is 19.9 Å². The molecular formula is C22H30F3N5O2. The highest BCUT2D eigenvalue weighted by Crippen LogP contribution is 2.39. The lowest BCUT2D eigenvalue weighted by Crippen LogP contribution is -2.36. The highest BCUT2D eigenvalue weighted by atomic mass is 19.4. The number of unbranched alkanes of at least 4 members (excludes halogenated alkanes) is 5. The fourth-order valence-corrected chi connectivity index (χ4v) is 3.86. The van der Waals surface area contributed by atoms with E-state index in [2.05, 4.69) is 17.1 Å². The van der Waals surface area contributed by atoms with Crippen molar-refractivity contribution in [3.8, 4) is 17.1 Å². The third-order valence-corrected chi connectivity index (χ3v) is 5.65. The summed E-state index contributed by atoms with van der Waals surface area (Å²) in [6, 6.07) is 3.43. The van der Waals surface area contributed by atoms with Gasteiger partial charge in [0, 0.05) is 5.56 Å². The van der Waals surface area contributed by atoms with E-state index >= 15 is 0 Å². The molecule has 32 heavy (non-hydrogen) atoms. The quantitative estimate of drug-likeness (QED) is 0.264. The van der Waals surface area contributed by atoms with Gasteiger partial charge in [-0.3, -0.25) is 5.41 Å². The number of aromatic nitrogens is 2. The molecule has 0 saturated carbocycles. The summed E-state index contributed by atoms with van der Waals surface area (Å²) in [5.41, 5.74) is 5.26. The number of nitrogens with zero attached hydrogens (tertiary/aromatic N) is 3. The van der Waals surface area contributed by atoms with Gasteiger partial charge in [-0.2, -0.15) is 18.2 Å². The fraction of sp³-hybridized carbons (Fsp3) is 0.591. The van der Waals surface area contributed by atoms with Crippen LogP contribution < -0.4 is 10.5 Å². The van der Waals surface area contributed by atoms with Gasteiger partial charge in [-0.25, -0.2) is 0 Å². The minimum atomic E-state index is -4.58. The Morgan fingerprint density at radius 1 is 1.22 bits per heavy atom. The maximum atomic E-state index is 13.7. The molecule has 2 heterocycles. The van der Waals surface area contributed by atoms with Gasteiger partial charge in [0.15, 0.2) is 0 Å². The molecule has 2 atom stereocenters. The zero-order valence-corrected chi connectivity index (χ0v) is 18.2. The Balaban J connectivity index is 1.71. The van der Waals surface area contributed by atoms with E-state index in [0.717, 1.165) is 38.1 Å². The van der Waals surface area contributed by atoms with E-state index in [1.54, 1.807) is 4.90 Å². The van der Waals surface area contributed by atoms with Crippen molar-refractivity contribution in [2.24, 2.45) is 5.73 Å². The Kier molecular flexibility index (Phi) is 8.11. The van der Waals surface area contributed by atoms with Crippen molar-refractivity contribution in [2.45, 2.75) is 76.7 Å². The monoisotopic (exact) mass is 453 g/mol. The summed E-state index contributed by atoms with van der Waals surface area (Å²) in [5, 5.41) is 11.4. The Morgan fingerprint density at radius 3 is 2.69 bits per heavy atom. The first-order valence-electron chi connectivity index (χ1n) is 11.1. The number of nitrogens with one attached hydrogen (secondary N) is 1. The molecule has 3 N–H and O–H groups in total. The highest BCUT2D eigenvalue weighted by molar-refractivity contribution is 5.59. The zero-order chi connectivity index (χ0) is 23.1. The summed E-state index contributed by atoms with van der Waals surface area (Å²) in [6.07, 6.45) is 3.65. The molecule has 0 aliphatic carbocycles. The van der Waals surface area contributed by atoms with Crippen LogP contribution in [0.25, 0.3) is 11.4 Å². The van der Waals surface area contributed by atoms with Crippen LogP contribution in [-0.4, -0.2) is 34.2 Å². The van der Waals surface area contributed by atoms with E-state index in [0.29, 0.717) is 19.3 Å².